The minimum Gasteiger partial charge on any atom is -0.402 e. The van der Waals surface area contributed by atoms with Crippen molar-refractivity contribution in [3.05, 3.63) is 27.8 Å². The number of fused-ring (bicyclic) bond motifs is 1. The Morgan fingerprint density at radius 3 is 2.48 bits per heavy atom. The fourth-order valence-electron chi connectivity index (χ4n) is 1.83. The number of carbonyl (C=O) groups is 1. The molecule has 1 aromatic carbocycles. The second-order valence-electron chi connectivity index (χ2n) is 4.04. The minimum atomic E-state index is -3.76. The highest BCUT2D eigenvalue weighted by Crippen LogP contribution is 2.51. The fraction of sp³-hybridized carbons (Fsp3) is 0.250. The molecule has 0 atom stereocenters. The summed E-state index contributed by atoms with van der Waals surface area (Å²) in [6.45, 7) is 1.39. The van der Waals surface area contributed by atoms with E-state index >= 15 is 0 Å². The van der Waals surface area contributed by atoms with Crippen molar-refractivity contribution in [2.75, 3.05) is 14.2 Å². The van der Waals surface area contributed by atoms with Crippen LogP contribution in [0, 0.1) is 0 Å². The van der Waals surface area contributed by atoms with Gasteiger partial charge in [0.1, 0.15) is 0 Å². The van der Waals surface area contributed by atoms with Gasteiger partial charge in [0.05, 0.1) is 22.1 Å². The molecule has 1 heterocycles. The van der Waals surface area contributed by atoms with Crippen molar-refractivity contribution in [3.63, 3.8) is 0 Å². The van der Waals surface area contributed by atoms with Gasteiger partial charge in [-0.2, -0.15) is 0 Å². The van der Waals surface area contributed by atoms with Gasteiger partial charge in [0.25, 0.3) is 0 Å². The third-order valence-corrected chi connectivity index (χ3v) is 5.42. The first-order valence-corrected chi connectivity index (χ1v) is 8.37. The second kappa shape index (κ2) is 6.10. The number of hydrogen-bond acceptors (Lipinski definition) is 5. The van der Waals surface area contributed by atoms with Crippen LogP contribution in [0.5, 0.6) is 5.75 Å². The molecule has 0 aliphatic rings. The topological polar surface area (TPSA) is 66.8 Å². The third kappa shape index (κ3) is 3.03. The zero-order chi connectivity index (χ0) is 15.8. The lowest BCUT2D eigenvalue weighted by molar-refractivity contribution is 0.0941. The number of rotatable bonds is 4. The van der Waals surface area contributed by atoms with E-state index in [4.69, 9.17) is 25.2 Å². The van der Waals surface area contributed by atoms with E-state index < -0.39 is 7.82 Å². The smallest absolute Gasteiger partial charge is 0.402 e. The predicted molar refractivity (Wildman–Crippen MR) is 83.2 cm³/mol. The molecule has 2 aromatic rings. The van der Waals surface area contributed by atoms with Gasteiger partial charge in [-0.25, -0.2) is 4.57 Å². The molecule has 0 N–H and O–H groups in total. The van der Waals surface area contributed by atoms with Crippen LogP contribution in [0.4, 0.5) is 0 Å². The Balaban J connectivity index is 2.71. The van der Waals surface area contributed by atoms with Crippen LogP contribution in [0.1, 0.15) is 11.7 Å². The largest absolute Gasteiger partial charge is 0.529 e. The molecule has 0 fully saturated rings. The van der Waals surface area contributed by atoms with Gasteiger partial charge in [-0.1, -0.05) is 11.6 Å². The maximum Gasteiger partial charge on any atom is 0.529 e. The predicted octanol–water partition coefficient (Wildman–Crippen LogP) is 4.50. The summed E-state index contributed by atoms with van der Waals surface area (Å²) in [6, 6.07) is 3.41. The highest BCUT2D eigenvalue weighted by atomic mass is 79.9. The first kappa shape index (κ1) is 16.5. The van der Waals surface area contributed by atoms with E-state index in [1.807, 2.05) is 0 Å². The van der Waals surface area contributed by atoms with E-state index in [9.17, 15) is 9.36 Å². The van der Waals surface area contributed by atoms with E-state index in [1.165, 1.54) is 31.9 Å². The average Bonchev–Trinajstić information content (AvgIpc) is 2.82. The van der Waals surface area contributed by atoms with Crippen molar-refractivity contribution in [3.8, 4) is 5.75 Å². The number of carbonyl (C=O) groups excluding carboxylic acids is 1. The standard InChI is InChI=1S/C12H12BrClNO5P/c1-7(16)15-6-10(20-21(17,18-2)19-3)11-9(15)5-4-8(13)12(11)14/h4-6H,1-3H3. The van der Waals surface area contributed by atoms with Crippen molar-refractivity contribution >= 4 is 52.2 Å². The Kier molecular flexibility index (Phi) is 4.80. The molecule has 0 aliphatic carbocycles. The molecule has 2 rings (SSSR count). The number of phosphoric acid groups is 1. The van der Waals surface area contributed by atoms with E-state index in [2.05, 4.69) is 15.9 Å². The van der Waals surface area contributed by atoms with E-state index in [1.54, 1.807) is 12.1 Å². The Morgan fingerprint density at radius 2 is 1.95 bits per heavy atom. The van der Waals surface area contributed by atoms with Crippen LogP contribution in [-0.4, -0.2) is 24.7 Å². The maximum absolute atomic E-state index is 12.1. The Labute approximate surface area is 134 Å². The first-order valence-electron chi connectivity index (χ1n) is 5.74. The summed E-state index contributed by atoms with van der Waals surface area (Å²) in [5.74, 6) is -0.101. The molecule has 1 aromatic heterocycles. The molecule has 0 bridgehead atoms. The molecular weight excluding hydrogens is 384 g/mol. The normalized spacial score (nSPS) is 11.9. The van der Waals surface area contributed by atoms with Crippen molar-refractivity contribution in [1.29, 1.82) is 0 Å². The molecule has 0 saturated heterocycles. The third-order valence-electron chi connectivity index (χ3n) is 2.82. The van der Waals surface area contributed by atoms with Gasteiger partial charge in [0.2, 0.25) is 5.91 Å². The molecule has 0 amide bonds. The monoisotopic (exact) mass is 395 g/mol. The lowest BCUT2D eigenvalue weighted by atomic mass is 10.2. The quantitative estimate of drug-likeness (QED) is 0.712. The summed E-state index contributed by atoms with van der Waals surface area (Å²) < 4.78 is 28.9. The lowest BCUT2D eigenvalue weighted by Crippen LogP contribution is -2.03. The summed E-state index contributed by atoms with van der Waals surface area (Å²) in [5, 5.41) is 0.775. The summed E-state index contributed by atoms with van der Waals surface area (Å²) in [7, 11) is -1.36. The van der Waals surface area contributed by atoms with Gasteiger partial charge in [-0.05, 0) is 28.1 Å². The number of aromatic nitrogens is 1. The second-order valence-corrected chi connectivity index (χ2v) is 7.08. The van der Waals surface area contributed by atoms with Crippen LogP contribution < -0.4 is 4.52 Å². The average molecular weight is 397 g/mol. The molecule has 21 heavy (non-hydrogen) atoms. The van der Waals surface area contributed by atoms with E-state index in [0.717, 1.165) is 0 Å². The van der Waals surface area contributed by atoms with Crippen LogP contribution in [0.15, 0.2) is 22.8 Å². The highest BCUT2D eigenvalue weighted by molar-refractivity contribution is 9.10. The van der Waals surface area contributed by atoms with Crippen LogP contribution in [0.3, 0.4) is 0 Å². The Hall–Kier alpha value is -0.850. The fourth-order valence-corrected chi connectivity index (χ4v) is 3.09. The van der Waals surface area contributed by atoms with Gasteiger partial charge < -0.3 is 4.52 Å². The van der Waals surface area contributed by atoms with Crippen LogP contribution >= 0.6 is 35.4 Å². The number of benzene rings is 1. The van der Waals surface area contributed by atoms with Crippen molar-refractivity contribution < 1.29 is 22.9 Å². The first-order chi connectivity index (χ1) is 9.83. The molecule has 0 spiro atoms. The molecular formula is C12H12BrClNO5P. The lowest BCUT2D eigenvalue weighted by Gasteiger charge is -2.13. The molecule has 114 valence electrons. The van der Waals surface area contributed by atoms with Crippen LogP contribution in [-0.2, 0) is 13.6 Å². The molecule has 6 nitrogen and oxygen atoms in total. The zero-order valence-electron chi connectivity index (χ0n) is 11.4. The number of hydrogen-bond donors (Lipinski definition) is 0. The molecule has 0 unspecified atom stereocenters. The van der Waals surface area contributed by atoms with Gasteiger partial charge in [0, 0.05) is 25.6 Å². The summed E-state index contributed by atoms with van der Waals surface area (Å²) >= 11 is 9.54. The molecule has 0 aliphatic heterocycles. The van der Waals surface area contributed by atoms with E-state index in [0.29, 0.717) is 20.4 Å². The van der Waals surface area contributed by atoms with E-state index in [-0.39, 0.29) is 11.7 Å². The van der Waals surface area contributed by atoms with Gasteiger partial charge in [0.15, 0.2) is 5.75 Å². The SMILES string of the molecule is COP(=O)(OC)Oc1cn(C(C)=O)c2ccc(Br)c(Cl)c12. The number of nitrogens with zero attached hydrogens (tertiary/aromatic N) is 1. The number of halogens is 2. The zero-order valence-corrected chi connectivity index (χ0v) is 14.7. The van der Waals surface area contributed by atoms with Gasteiger partial charge in [-0.3, -0.25) is 18.4 Å². The molecule has 0 radical (unpaired) electrons. The summed E-state index contributed by atoms with van der Waals surface area (Å²) in [4.78, 5) is 11.7. The Morgan fingerprint density at radius 1 is 1.33 bits per heavy atom. The minimum absolute atomic E-state index is 0.138. The van der Waals surface area contributed by atoms with Gasteiger partial charge >= 0.3 is 7.82 Å². The van der Waals surface area contributed by atoms with Crippen molar-refractivity contribution in [2.24, 2.45) is 0 Å². The van der Waals surface area contributed by atoms with Crippen LogP contribution in [0.2, 0.25) is 5.02 Å². The molecule has 9 heteroatoms. The van der Waals surface area contributed by atoms with Gasteiger partial charge in [-0.15, -0.1) is 0 Å². The van der Waals surface area contributed by atoms with Crippen molar-refractivity contribution in [2.45, 2.75) is 6.92 Å². The molecule has 0 saturated carbocycles. The Bertz CT molecular complexity index is 752. The van der Waals surface area contributed by atoms with Crippen LogP contribution in [0.25, 0.3) is 10.9 Å². The summed E-state index contributed by atoms with van der Waals surface area (Å²) in [6.07, 6.45) is 1.40. The summed E-state index contributed by atoms with van der Waals surface area (Å²) in [5.41, 5.74) is 0.532. The van der Waals surface area contributed by atoms with Crippen molar-refractivity contribution in [1.82, 2.24) is 4.57 Å². The highest BCUT2D eigenvalue weighted by Gasteiger charge is 2.28. The number of phosphoric ester groups is 1. The maximum atomic E-state index is 12.1.